The molecule has 0 bridgehead atoms. The number of alkyl halides is 3. The summed E-state index contributed by atoms with van der Waals surface area (Å²) in [6.45, 7) is -4.84. The van der Waals surface area contributed by atoms with Crippen LogP contribution in [0.2, 0.25) is 5.82 Å². The zero-order valence-corrected chi connectivity index (χ0v) is 12.0. The van der Waals surface area contributed by atoms with Crippen LogP contribution in [0.1, 0.15) is 25.7 Å². The summed E-state index contributed by atoms with van der Waals surface area (Å²) in [5.74, 6) is -2.67. The monoisotopic (exact) mass is 270 g/mol. The van der Waals surface area contributed by atoms with Crippen molar-refractivity contribution in [3.8, 4) is 0 Å². The van der Waals surface area contributed by atoms with Gasteiger partial charge in [0.25, 0.3) is 0 Å². The van der Waals surface area contributed by atoms with Gasteiger partial charge in [-0.2, -0.15) is 13.2 Å². The predicted molar refractivity (Wildman–Crippen MR) is 43.3 cm³/mol. The van der Waals surface area contributed by atoms with E-state index >= 15 is 0 Å². The van der Waals surface area contributed by atoms with E-state index in [2.05, 4.69) is 0 Å². The first-order chi connectivity index (χ1) is 6.62. The third-order valence-electron chi connectivity index (χ3n) is 3.75. The van der Waals surface area contributed by atoms with E-state index in [1.54, 1.807) is 0 Å². The van der Waals surface area contributed by atoms with Crippen LogP contribution in [0.25, 0.3) is 0 Å². The summed E-state index contributed by atoms with van der Waals surface area (Å²) < 4.78 is 72.9. The van der Waals surface area contributed by atoms with Gasteiger partial charge in [-0.3, -0.25) is 0 Å². The maximum atomic E-state index is 12.2. The first-order valence-electron chi connectivity index (χ1n) is 4.89. The summed E-state index contributed by atoms with van der Waals surface area (Å²) in [6.07, 6.45) is -4.58. The van der Waals surface area contributed by atoms with Crippen molar-refractivity contribution in [1.82, 2.24) is 0 Å². The molecule has 0 aromatic rings. The fourth-order valence-corrected chi connectivity index (χ4v) is 2.87. The van der Waals surface area contributed by atoms with E-state index in [0.29, 0.717) is 0 Å². The summed E-state index contributed by atoms with van der Waals surface area (Å²) in [5, 5.41) is 0. The molecule has 0 unspecified atom stereocenters. The van der Waals surface area contributed by atoms with Crippen molar-refractivity contribution in [1.29, 1.82) is 0 Å². The third kappa shape index (κ3) is 2.81. The van der Waals surface area contributed by atoms with Crippen molar-refractivity contribution in [2.45, 2.75) is 37.7 Å². The van der Waals surface area contributed by atoms with Gasteiger partial charge in [0.2, 0.25) is 0 Å². The molecule has 0 nitrogen and oxygen atoms in total. The molecule has 2 rings (SSSR count). The van der Waals surface area contributed by atoms with Crippen LogP contribution in [0.3, 0.4) is 0 Å². The van der Waals surface area contributed by atoms with Crippen molar-refractivity contribution in [3.63, 3.8) is 0 Å². The van der Waals surface area contributed by atoms with Gasteiger partial charge in [0.15, 0.2) is 0 Å². The summed E-state index contributed by atoms with van der Waals surface area (Å²) in [4.78, 5) is 0. The van der Waals surface area contributed by atoms with Gasteiger partial charge in [-0.15, -0.1) is 0 Å². The van der Waals surface area contributed by atoms with Gasteiger partial charge in [-0.1, -0.05) is 18.7 Å². The molecule has 88 valence electrons. The second kappa shape index (κ2) is 4.43. The second-order valence-corrected chi connectivity index (χ2v) is 4.94. The quantitative estimate of drug-likeness (QED) is 0.492. The largest absolute Gasteiger partial charge is 1.00 e. The minimum atomic E-state index is -4.84. The molecule has 2 fully saturated rings. The molecule has 2 aliphatic carbocycles. The van der Waals surface area contributed by atoms with E-state index in [-0.39, 0.29) is 77.1 Å². The van der Waals surface area contributed by atoms with Gasteiger partial charge in [0.05, 0.1) is 5.92 Å². The topological polar surface area (TPSA) is 0 Å². The van der Waals surface area contributed by atoms with Gasteiger partial charge < -0.3 is 12.9 Å². The average Bonchev–Trinajstić information content (AvgIpc) is 1.71. The maximum absolute atomic E-state index is 12.2. The maximum Gasteiger partial charge on any atom is 1.00 e. The first kappa shape index (κ1) is 15.3. The first-order valence-corrected chi connectivity index (χ1v) is 4.89. The van der Waals surface area contributed by atoms with E-state index in [1.807, 2.05) is 0 Å². The molecule has 2 saturated carbocycles. The minimum Gasteiger partial charge on any atom is -0.449 e. The molecule has 2 aliphatic rings. The molecule has 0 amide bonds. The van der Waals surface area contributed by atoms with E-state index in [0.717, 1.165) is 0 Å². The van der Waals surface area contributed by atoms with Crippen LogP contribution >= 0.6 is 0 Å². The van der Waals surface area contributed by atoms with Gasteiger partial charge in [0, 0.05) is 0 Å². The van der Waals surface area contributed by atoms with E-state index < -0.39 is 30.3 Å². The number of halogens is 6. The zero-order chi connectivity index (χ0) is 11.5. The van der Waals surface area contributed by atoms with Gasteiger partial charge in [-0.25, -0.2) is 0 Å². The van der Waals surface area contributed by atoms with E-state index in [1.165, 1.54) is 0 Å². The molecule has 0 aliphatic heterocycles. The predicted octanol–water partition coefficient (Wildman–Crippen LogP) is 0.960. The van der Waals surface area contributed by atoms with Gasteiger partial charge in [-0.05, 0) is 18.3 Å². The van der Waals surface area contributed by atoms with Gasteiger partial charge >= 0.3 is 64.5 Å². The molecule has 16 heavy (non-hydrogen) atoms. The van der Waals surface area contributed by atoms with Crippen molar-refractivity contribution >= 4 is 6.98 Å². The molecular formula is C8H10BF6K. The Kier molecular flexibility index (Phi) is 4.25. The number of rotatable bonds is 1. The Morgan fingerprint density at radius 2 is 1.38 bits per heavy atom. The fourth-order valence-electron chi connectivity index (χ4n) is 2.87. The normalized spacial score (nSPS) is 38.6. The standard InChI is InChI=1S/C8H10BF6.K/c10-8(11,12)5-1-7(2-5)3-6(4-7)9(13,14)15;/h5-6H,1-4H2;/q-1;+1. The molecule has 0 heterocycles. The van der Waals surface area contributed by atoms with Crippen molar-refractivity contribution in [3.05, 3.63) is 0 Å². The van der Waals surface area contributed by atoms with Gasteiger partial charge in [0.1, 0.15) is 0 Å². The number of hydrogen-bond acceptors (Lipinski definition) is 0. The van der Waals surface area contributed by atoms with Crippen LogP contribution in [0, 0.1) is 11.3 Å². The van der Waals surface area contributed by atoms with E-state index in [9.17, 15) is 26.1 Å². The Balaban J connectivity index is 0.00000128. The molecule has 0 radical (unpaired) electrons. The smallest absolute Gasteiger partial charge is 0.449 e. The number of hydrogen-bond donors (Lipinski definition) is 0. The summed E-state index contributed by atoms with van der Waals surface area (Å²) in [6, 6.07) is 0. The Bertz CT molecular complexity index is 229. The molecule has 1 spiro atoms. The van der Waals surface area contributed by atoms with Crippen LogP contribution < -0.4 is 51.4 Å². The average molecular weight is 270 g/mol. The minimum absolute atomic E-state index is 0. The molecule has 0 atom stereocenters. The SMILES string of the molecule is F[B-](F)(F)C1CC2(C1)CC(C(F)(F)F)C2.[K+]. The third-order valence-corrected chi connectivity index (χ3v) is 3.75. The van der Waals surface area contributed by atoms with Crippen LogP contribution in [0.5, 0.6) is 0 Å². The Morgan fingerprint density at radius 3 is 1.69 bits per heavy atom. The summed E-state index contributed by atoms with van der Waals surface area (Å²) >= 11 is 0. The second-order valence-electron chi connectivity index (χ2n) is 4.94. The summed E-state index contributed by atoms with van der Waals surface area (Å²) in [7, 11) is 0. The van der Waals surface area contributed by atoms with Crippen molar-refractivity contribution in [2.24, 2.45) is 11.3 Å². The molecule has 8 heteroatoms. The van der Waals surface area contributed by atoms with Crippen molar-refractivity contribution in [2.75, 3.05) is 0 Å². The van der Waals surface area contributed by atoms with E-state index in [4.69, 9.17) is 0 Å². The Morgan fingerprint density at radius 1 is 0.938 bits per heavy atom. The Hall–Kier alpha value is 1.28. The van der Waals surface area contributed by atoms with Crippen LogP contribution in [0.15, 0.2) is 0 Å². The van der Waals surface area contributed by atoms with Crippen molar-refractivity contribution < 1.29 is 77.5 Å². The zero-order valence-electron chi connectivity index (χ0n) is 8.83. The Labute approximate surface area is 132 Å². The van der Waals surface area contributed by atoms with Crippen LogP contribution in [0.4, 0.5) is 26.1 Å². The molecule has 0 aromatic carbocycles. The van der Waals surface area contributed by atoms with Crippen LogP contribution in [-0.2, 0) is 0 Å². The molecule has 0 aromatic heterocycles. The molecular weight excluding hydrogens is 260 g/mol. The van der Waals surface area contributed by atoms with Crippen LogP contribution in [-0.4, -0.2) is 13.2 Å². The fraction of sp³-hybridized carbons (Fsp3) is 1.00. The molecule has 0 N–H and O–H groups in total. The molecule has 0 saturated heterocycles. The summed E-state index contributed by atoms with van der Waals surface area (Å²) in [5.41, 5.74) is -0.623.